The summed E-state index contributed by atoms with van der Waals surface area (Å²) < 4.78 is 29.4. The second-order valence-corrected chi connectivity index (χ2v) is 12.7. The van der Waals surface area contributed by atoms with E-state index in [1.54, 1.807) is 42.5 Å². The van der Waals surface area contributed by atoms with Crippen molar-refractivity contribution < 1.29 is 18.0 Å². The summed E-state index contributed by atoms with van der Waals surface area (Å²) in [6, 6.07) is 29.1. The molecule has 0 radical (unpaired) electrons. The van der Waals surface area contributed by atoms with Gasteiger partial charge in [0.15, 0.2) is 0 Å². The number of benzene rings is 4. The van der Waals surface area contributed by atoms with Crippen molar-refractivity contribution in [3.8, 4) is 0 Å². The van der Waals surface area contributed by atoms with Gasteiger partial charge in [0.1, 0.15) is 12.6 Å². The summed E-state index contributed by atoms with van der Waals surface area (Å²) in [6.45, 7) is 5.42. The van der Waals surface area contributed by atoms with Crippen LogP contribution in [0.5, 0.6) is 0 Å². The maximum atomic E-state index is 14.4. The zero-order chi connectivity index (χ0) is 31.0. The lowest BCUT2D eigenvalue weighted by atomic mass is 10.0. The van der Waals surface area contributed by atoms with E-state index in [4.69, 9.17) is 11.6 Å². The molecule has 0 aromatic heterocycles. The summed E-state index contributed by atoms with van der Waals surface area (Å²) in [4.78, 5) is 29.5. The minimum absolute atomic E-state index is 0.0556. The van der Waals surface area contributed by atoms with Gasteiger partial charge in [-0.25, -0.2) is 8.42 Å². The summed E-state index contributed by atoms with van der Waals surface area (Å²) in [5.41, 5.74) is 3.53. The molecule has 224 valence electrons. The van der Waals surface area contributed by atoms with Gasteiger partial charge in [-0.15, -0.1) is 0 Å². The first-order valence-corrected chi connectivity index (χ1v) is 15.9. The van der Waals surface area contributed by atoms with Crippen LogP contribution in [0.1, 0.15) is 29.2 Å². The van der Waals surface area contributed by atoms with Gasteiger partial charge in [0.25, 0.3) is 10.0 Å². The lowest BCUT2D eigenvalue weighted by Crippen LogP contribution is -2.53. The minimum atomic E-state index is -4.15. The third kappa shape index (κ3) is 8.03. The molecule has 0 bridgehead atoms. The van der Waals surface area contributed by atoms with Crippen LogP contribution in [-0.2, 0) is 32.6 Å². The van der Waals surface area contributed by atoms with Crippen LogP contribution < -0.4 is 9.62 Å². The molecule has 0 heterocycles. The van der Waals surface area contributed by atoms with Crippen LogP contribution in [0.4, 0.5) is 5.69 Å². The molecule has 0 fully saturated rings. The summed E-state index contributed by atoms with van der Waals surface area (Å²) in [6.07, 6.45) is 0.244. The van der Waals surface area contributed by atoms with E-state index in [0.29, 0.717) is 28.4 Å². The molecule has 4 rings (SSSR count). The first-order chi connectivity index (χ1) is 20.6. The standard InChI is InChI=1S/C34H36ClN3O4S/c1-4-36-34(40)32(22-27-12-7-5-8-13-27)37(23-28-14-11-15-29(35)21-28)33(39)24-38(31-20-25(2)18-19-26(31)3)43(41,42)30-16-9-6-10-17-30/h5-21,32H,4,22-24H2,1-3H3,(H,36,40)/t32-/m1/s1. The fourth-order valence-corrected chi connectivity index (χ4v) is 6.60. The summed E-state index contributed by atoms with van der Waals surface area (Å²) in [7, 11) is -4.15. The highest BCUT2D eigenvalue weighted by molar-refractivity contribution is 7.92. The second kappa shape index (κ2) is 14.4. The Morgan fingerprint density at radius 2 is 1.49 bits per heavy atom. The third-order valence-electron chi connectivity index (χ3n) is 7.11. The number of nitrogens with zero attached hydrogens (tertiary/aromatic N) is 2. The number of halogens is 1. The number of hydrogen-bond donors (Lipinski definition) is 1. The average molecular weight is 618 g/mol. The summed E-state index contributed by atoms with van der Waals surface area (Å²) in [5, 5.41) is 3.36. The fourth-order valence-electron chi connectivity index (χ4n) is 4.90. The first-order valence-electron chi connectivity index (χ1n) is 14.1. The second-order valence-electron chi connectivity index (χ2n) is 10.4. The van der Waals surface area contributed by atoms with Gasteiger partial charge in [-0.3, -0.25) is 13.9 Å². The maximum absolute atomic E-state index is 14.4. The number of carbonyl (C=O) groups excluding carboxylic acids is 2. The average Bonchev–Trinajstić information content (AvgIpc) is 3.00. The summed E-state index contributed by atoms with van der Waals surface area (Å²) >= 11 is 6.28. The first kappa shape index (κ1) is 31.8. The Bertz CT molecular complexity index is 1660. The van der Waals surface area contributed by atoms with E-state index in [0.717, 1.165) is 15.4 Å². The van der Waals surface area contributed by atoms with Crippen molar-refractivity contribution in [2.75, 3.05) is 17.4 Å². The SMILES string of the molecule is CCNC(=O)[C@@H](Cc1ccccc1)N(Cc1cccc(Cl)c1)C(=O)CN(c1cc(C)ccc1C)S(=O)(=O)c1ccccc1. The van der Waals surface area contributed by atoms with Gasteiger partial charge in [-0.1, -0.05) is 84.4 Å². The molecule has 0 unspecified atom stereocenters. The van der Waals surface area contributed by atoms with E-state index in [2.05, 4.69) is 5.32 Å². The lowest BCUT2D eigenvalue weighted by molar-refractivity contribution is -0.140. The Balaban J connectivity index is 1.82. The van der Waals surface area contributed by atoms with Crippen LogP contribution in [0.3, 0.4) is 0 Å². The Morgan fingerprint density at radius 1 is 0.837 bits per heavy atom. The quantitative estimate of drug-likeness (QED) is 0.214. The molecule has 43 heavy (non-hydrogen) atoms. The highest BCUT2D eigenvalue weighted by Crippen LogP contribution is 2.29. The Kier molecular flexibility index (Phi) is 10.6. The molecule has 0 aliphatic rings. The molecule has 1 N–H and O–H groups in total. The van der Waals surface area contributed by atoms with E-state index < -0.39 is 28.5 Å². The van der Waals surface area contributed by atoms with Crippen molar-refractivity contribution in [3.63, 3.8) is 0 Å². The van der Waals surface area contributed by atoms with E-state index in [1.165, 1.54) is 17.0 Å². The molecule has 0 aliphatic heterocycles. The number of rotatable bonds is 12. The molecule has 0 saturated heterocycles. The highest BCUT2D eigenvalue weighted by atomic mass is 35.5. The van der Waals surface area contributed by atoms with Crippen molar-refractivity contribution in [2.24, 2.45) is 0 Å². The van der Waals surface area contributed by atoms with Gasteiger partial charge in [0.05, 0.1) is 10.6 Å². The number of aryl methyl sites for hydroxylation is 2. The largest absolute Gasteiger partial charge is 0.355 e. The molecule has 0 saturated carbocycles. The Labute approximate surface area is 259 Å². The number of carbonyl (C=O) groups is 2. The lowest BCUT2D eigenvalue weighted by Gasteiger charge is -2.34. The van der Waals surface area contributed by atoms with E-state index >= 15 is 0 Å². The topological polar surface area (TPSA) is 86.8 Å². The zero-order valence-corrected chi connectivity index (χ0v) is 26.1. The Hall–Kier alpha value is -4.14. The van der Waals surface area contributed by atoms with E-state index in [-0.39, 0.29) is 23.8 Å². The number of nitrogens with one attached hydrogen (secondary N) is 1. The fraction of sp³-hybridized carbons (Fsp3) is 0.235. The van der Waals surface area contributed by atoms with Crippen molar-refractivity contribution in [3.05, 3.63) is 130 Å². The van der Waals surface area contributed by atoms with Crippen molar-refractivity contribution in [1.82, 2.24) is 10.2 Å². The molecular formula is C34H36ClN3O4S. The van der Waals surface area contributed by atoms with Crippen LogP contribution in [0.2, 0.25) is 5.02 Å². The van der Waals surface area contributed by atoms with E-state index in [1.807, 2.05) is 69.3 Å². The monoisotopic (exact) mass is 617 g/mol. The van der Waals surface area contributed by atoms with Gasteiger partial charge in [-0.2, -0.15) is 0 Å². The van der Waals surface area contributed by atoms with Crippen LogP contribution in [0.15, 0.2) is 108 Å². The number of sulfonamides is 1. The minimum Gasteiger partial charge on any atom is -0.355 e. The van der Waals surface area contributed by atoms with Crippen molar-refractivity contribution in [1.29, 1.82) is 0 Å². The van der Waals surface area contributed by atoms with Gasteiger partial charge >= 0.3 is 0 Å². The molecule has 9 heteroatoms. The van der Waals surface area contributed by atoms with E-state index in [9.17, 15) is 18.0 Å². The normalized spacial score (nSPS) is 11.9. The molecular weight excluding hydrogens is 582 g/mol. The number of amides is 2. The molecule has 4 aromatic carbocycles. The molecule has 4 aromatic rings. The smallest absolute Gasteiger partial charge is 0.264 e. The van der Waals surface area contributed by atoms with Gasteiger partial charge < -0.3 is 10.2 Å². The third-order valence-corrected chi connectivity index (χ3v) is 9.12. The predicted molar refractivity (Wildman–Crippen MR) is 172 cm³/mol. The van der Waals surface area contributed by atoms with Crippen molar-refractivity contribution >= 4 is 39.1 Å². The molecule has 1 atom stereocenters. The molecule has 2 amide bonds. The number of anilines is 1. The van der Waals surface area contributed by atoms with Crippen LogP contribution in [0.25, 0.3) is 0 Å². The molecule has 7 nitrogen and oxygen atoms in total. The van der Waals surface area contributed by atoms with Crippen LogP contribution >= 0.6 is 11.6 Å². The number of likely N-dealkylation sites (N-methyl/N-ethyl adjacent to an activating group) is 1. The molecule has 0 spiro atoms. The predicted octanol–water partition coefficient (Wildman–Crippen LogP) is 5.93. The van der Waals surface area contributed by atoms with Gasteiger partial charge in [0.2, 0.25) is 11.8 Å². The van der Waals surface area contributed by atoms with Gasteiger partial charge in [0, 0.05) is 24.5 Å². The van der Waals surface area contributed by atoms with Crippen LogP contribution in [-0.4, -0.2) is 44.3 Å². The highest BCUT2D eigenvalue weighted by Gasteiger charge is 2.35. The van der Waals surface area contributed by atoms with Crippen LogP contribution in [0, 0.1) is 13.8 Å². The summed E-state index contributed by atoms with van der Waals surface area (Å²) in [5.74, 6) is -0.849. The van der Waals surface area contributed by atoms with Gasteiger partial charge in [-0.05, 0) is 73.4 Å². The zero-order valence-electron chi connectivity index (χ0n) is 24.5. The molecule has 0 aliphatic carbocycles. The number of hydrogen-bond acceptors (Lipinski definition) is 4. The van der Waals surface area contributed by atoms with Crippen molar-refractivity contribution in [2.45, 2.75) is 44.7 Å². The Morgan fingerprint density at radius 3 is 2.14 bits per heavy atom. The maximum Gasteiger partial charge on any atom is 0.264 e.